The van der Waals surface area contributed by atoms with Crippen molar-refractivity contribution in [3.63, 3.8) is 0 Å². The summed E-state index contributed by atoms with van der Waals surface area (Å²) >= 11 is 0. The monoisotopic (exact) mass is 165 g/mol. The van der Waals surface area contributed by atoms with Crippen LogP contribution >= 0.6 is 0 Å². The lowest BCUT2D eigenvalue weighted by molar-refractivity contribution is -0.120. The standard InChI is InChI=1S/C10H15NO/c1-7(12)8-2-3-9-5-11-6-10(9)4-8/h2-3,8-11H,4-6H2,1H3. The Hall–Kier alpha value is -0.630. The van der Waals surface area contributed by atoms with Crippen LogP contribution in [-0.4, -0.2) is 18.9 Å². The van der Waals surface area contributed by atoms with Crippen molar-refractivity contribution in [2.24, 2.45) is 17.8 Å². The van der Waals surface area contributed by atoms with Gasteiger partial charge in [0.05, 0.1) is 0 Å². The Labute approximate surface area is 73.0 Å². The van der Waals surface area contributed by atoms with Gasteiger partial charge >= 0.3 is 0 Å². The largest absolute Gasteiger partial charge is 0.316 e. The minimum Gasteiger partial charge on any atom is -0.316 e. The first-order valence-electron chi connectivity index (χ1n) is 4.67. The molecule has 66 valence electrons. The van der Waals surface area contributed by atoms with E-state index in [1.807, 2.05) is 0 Å². The summed E-state index contributed by atoms with van der Waals surface area (Å²) in [5.41, 5.74) is 0. The SMILES string of the molecule is CC(=O)C1C=CC2CNCC2C1. The molecule has 3 unspecified atom stereocenters. The molecule has 2 heteroatoms. The second-order valence-electron chi connectivity index (χ2n) is 3.92. The third kappa shape index (κ3) is 1.31. The van der Waals surface area contributed by atoms with Gasteiger partial charge in [-0.1, -0.05) is 12.2 Å². The van der Waals surface area contributed by atoms with E-state index >= 15 is 0 Å². The second-order valence-corrected chi connectivity index (χ2v) is 3.92. The zero-order chi connectivity index (χ0) is 8.55. The number of fused-ring (bicyclic) bond motifs is 1. The first-order chi connectivity index (χ1) is 5.77. The number of Topliss-reactive ketones (excluding diaryl/α,β-unsaturated/α-hetero) is 1. The number of rotatable bonds is 1. The van der Waals surface area contributed by atoms with Crippen molar-refractivity contribution in [2.75, 3.05) is 13.1 Å². The summed E-state index contributed by atoms with van der Waals surface area (Å²) in [7, 11) is 0. The van der Waals surface area contributed by atoms with E-state index in [1.54, 1.807) is 6.92 Å². The van der Waals surface area contributed by atoms with Crippen molar-refractivity contribution < 1.29 is 4.79 Å². The number of hydrogen-bond donors (Lipinski definition) is 1. The lowest BCUT2D eigenvalue weighted by Crippen LogP contribution is -2.22. The van der Waals surface area contributed by atoms with Gasteiger partial charge in [0.25, 0.3) is 0 Å². The van der Waals surface area contributed by atoms with Gasteiger partial charge in [0.1, 0.15) is 5.78 Å². The molecular weight excluding hydrogens is 150 g/mol. The van der Waals surface area contributed by atoms with Crippen LogP contribution in [0.3, 0.4) is 0 Å². The molecule has 0 amide bonds. The Morgan fingerprint density at radius 1 is 1.42 bits per heavy atom. The molecule has 1 heterocycles. The highest BCUT2D eigenvalue weighted by molar-refractivity contribution is 5.80. The van der Waals surface area contributed by atoms with Crippen LogP contribution in [0.2, 0.25) is 0 Å². The fraction of sp³-hybridized carbons (Fsp3) is 0.700. The molecule has 0 aromatic carbocycles. The number of carbonyl (C=O) groups excluding carboxylic acids is 1. The van der Waals surface area contributed by atoms with Crippen molar-refractivity contribution in [1.82, 2.24) is 5.32 Å². The normalized spacial score (nSPS) is 39.6. The van der Waals surface area contributed by atoms with Gasteiger partial charge in [-0.2, -0.15) is 0 Å². The van der Waals surface area contributed by atoms with Gasteiger partial charge in [0.2, 0.25) is 0 Å². The average Bonchev–Trinajstić information content (AvgIpc) is 2.49. The van der Waals surface area contributed by atoms with Crippen LogP contribution in [0.15, 0.2) is 12.2 Å². The van der Waals surface area contributed by atoms with Crippen LogP contribution < -0.4 is 5.32 Å². The number of nitrogens with one attached hydrogen (secondary N) is 1. The van der Waals surface area contributed by atoms with Gasteiger partial charge in [-0.25, -0.2) is 0 Å². The highest BCUT2D eigenvalue weighted by Crippen LogP contribution is 2.31. The van der Waals surface area contributed by atoms with Gasteiger partial charge in [-0.3, -0.25) is 4.79 Å². The molecule has 1 N–H and O–H groups in total. The summed E-state index contributed by atoms with van der Waals surface area (Å²) in [6, 6.07) is 0. The van der Waals surface area contributed by atoms with Crippen LogP contribution in [0.4, 0.5) is 0 Å². The number of hydrogen-bond acceptors (Lipinski definition) is 2. The third-order valence-corrected chi connectivity index (χ3v) is 3.06. The van der Waals surface area contributed by atoms with E-state index < -0.39 is 0 Å². The molecule has 2 nitrogen and oxygen atoms in total. The van der Waals surface area contributed by atoms with Crippen LogP contribution in [0.5, 0.6) is 0 Å². The van der Waals surface area contributed by atoms with E-state index in [4.69, 9.17) is 0 Å². The van der Waals surface area contributed by atoms with Crippen LogP contribution in [0.25, 0.3) is 0 Å². The first-order valence-corrected chi connectivity index (χ1v) is 4.67. The van der Waals surface area contributed by atoms with Gasteiger partial charge in [0.15, 0.2) is 0 Å². The lowest BCUT2D eigenvalue weighted by atomic mass is 9.80. The molecule has 0 aromatic heterocycles. The molecule has 0 spiro atoms. The minimum atomic E-state index is 0.200. The van der Waals surface area contributed by atoms with Crippen LogP contribution in [-0.2, 0) is 4.79 Å². The molecule has 1 fully saturated rings. The van der Waals surface area contributed by atoms with E-state index in [9.17, 15) is 4.79 Å². The Bertz CT molecular complexity index is 222. The molecule has 1 aliphatic heterocycles. The molecule has 1 aliphatic carbocycles. The summed E-state index contributed by atoms with van der Waals surface area (Å²) < 4.78 is 0. The summed E-state index contributed by atoms with van der Waals surface area (Å²) in [4.78, 5) is 11.1. The number of ketones is 1. The topological polar surface area (TPSA) is 29.1 Å². The highest BCUT2D eigenvalue weighted by Gasteiger charge is 2.31. The Morgan fingerprint density at radius 2 is 2.25 bits per heavy atom. The Balaban J connectivity index is 2.08. The third-order valence-electron chi connectivity index (χ3n) is 3.06. The molecule has 1 saturated heterocycles. The molecule has 2 rings (SSSR count). The average molecular weight is 165 g/mol. The number of allylic oxidation sites excluding steroid dienone is 1. The van der Waals surface area contributed by atoms with Crippen LogP contribution in [0.1, 0.15) is 13.3 Å². The zero-order valence-corrected chi connectivity index (χ0v) is 7.42. The molecule has 12 heavy (non-hydrogen) atoms. The summed E-state index contributed by atoms with van der Waals surface area (Å²) in [6.07, 6.45) is 5.38. The van der Waals surface area contributed by atoms with Crippen molar-refractivity contribution in [2.45, 2.75) is 13.3 Å². The summed E-state index contributed by atoms with van der Waals surface area (Å²) in [5, 5.41) is 3.36. The lowest BCUT2D eigenvalue weighted by Gasteiger charge is -2.23. The maximum atomic E-state index is 11.1. The number of carbonyl (C=O) groups is 1. The minimum absolute atomic E-state index is 0.200. The summed E-state index contributed by atoms with van der Waals surface area (Å²) in [5.74, 6) is 1.92. The molecule has 0 aromatic rings. The maximum absolute atomic E-state index is 11.1. The van der Waals surface area contributed by atoms with Crippen molar-refractivity contribution in [3.8, 4) is 0 Å². The van der Waals surface area contributed by atoms with Gasteiger partial charge in [-0.05, 0) is 31.7 Å². The van der Waals surface area contributed by atoms with Gasteiger partial charge < -0.3 is 5.32 Å². The van der Waals surface area contributed by atoms with E-state index in [0.29, 0.717) is 17.6 Å². The fourth-order valence-electron chi connectivity index (χ4n) is 2.22. The second kappa shape index (κ2) is 3.02. The molecule has 0 saturated carbocycles. The molecule has 3 atom stereocenters. The first kappa shape index (κ1) is 7.99. The quantitative estimate of drug-likeness (QED) is 0.587. The fourth-order valence-corrected chi connectivity index (χ4v) is 2.22. The molecule has 2 aliphatic rings. The van der Waals surface area contributed by atoms with E-state index in [2.05, 4.69) is 17.5 Å². The summed E-state index contributed by atoms with van der Waals surface area (Å²) in [6.45, 7) is 3.89. The molecule has 0 bridgehead atoms. The predicted octanol–water partition coefficient (Wildman–Crippen LogP) is 0.987. The van der Waals surface area contributed by atoms with Gasteiger partial charge in [-0.15, -0.1) is 0 Å². The highest BCUT2D eigenvalue weighted by atomic mass is 16.1. The predicted molar refractivity (Wildman–Crippen MR) is 47.8 cm³/mol. The van der Waals surface area contributed by atoms with E-state index in [0.717, 1.165) is 19.5 Å². The van der Waals surface area contributed by atoms with E-state index in [1.165, 1.54) is 0 Å². The van der Waals surface area contributed by atoms with Crippen molar-refractivity contribution in [1.29, 1.82) is 0 Å². The van der Waals surface area contributed by atoms with E-state index in [-0.39, 0.29) is 5.92 Å². The Morgan fingerprint density at radius 3 is 3.00 bits per heavy atom. The van der Waals surface area contributed by atoms with Crippen molar-refractivity contribution in [3.05, 3.63) is 12.2 Å². The molecular formula is C10H15NO. The van der Waals surface area contributed by atoms with Crippen LogP contribution in [0, 0.1) is 17.8 Å². The zero-order valence-electron chi connectivity index (χ0n) is 7.42. The molecule has 0 radical (unpaired) electrons. The maximum Gasteiger partial charge on any atom is 0.136 e. The van der Waals surface area contributed by atoms with Gasteiger partial charge in [0, 0.05) is 12.5 Å². The van der Waals surface area contributed by atoms with Crippen molar-refractivity contribution >= 4 is 5.78 Å². The Kier molecular flexibility index (Phi) is 2.01. The smallest absolute Gasteiger partial charge is 0.136 e.